The van der Waals surface area contributed by atoms with E-state index in [0.717, 1.165) is 28.2 Å². The first-order valence-electron chi connectivity index (χ1n) is 5.06. The zero-order valence-corrected chi connectivity index (χ0v) is 10.3. The second kappa shape index (κ2) is 4.18. The number of aromatic nitrogens is 1. The van der Waals surface area contributed by atoms with Crippen LogP contribution in [0.2, 0.25) is 0 Å². The molecule has 0 aliphatic carbocycles. The van der Waals surface area contributed by atoms with E-state index >= 15 is 0 Å². The Morgan fingerprint density at radius 1 is 1.29 bits per heavy atom. The Morgan fingerprint density at radius 2 is 1.88 bits per heavy atom. The molecule has 0 radical (unpaired) electrons. The van der Waals surface area contributed by atoms with Gasteiger partial charge in [0.05, 0.1) is 5.69 Å². The number of anilines is 1. The van der Waals surface area contributed by atoms with Crippen molar-refractivity contribution < 1.29 is 9.90 Å². The molecule has 0 spiro atoms. The normalized spacial score (nSPS) is 10.5. The van der Waals surface area contributed by atoms with E-state index < -0.39 is 5.97 Å². The van der Waals surface area contributed by atoms with Crippen molar-refractivity contribution >= 4 is 23.2 Å². The number of carbonyl (C=O) groups is 1. The molecule has 0 fully saturated rings. The van der Waals surface area contributed by atoms with Crippen LogP contribution in [-0.2, 0) is 0 Å². The van der Waals surface area contributed by atoms with Crippen molar-refractivity contribution in [1.29, 1.82) is 0 Å². The number of nitrogens with two attached hydrogens (primary N) is 1. The molecule has 2 rings (SSSR count). The van der Waals surface area contributed by atoms with Crippen LogP contribution >= 0.6 is 11.5 Å². The Kier molecular flexibility index (Phi) is 2.85. The molecule has 0 saturated heterocycles. The molecule has 0 unspecified atom stereocenters. The van der Waals surface area contributed by atoms with Crippen molar-refractivity contribution in [3.05, 3.63) is 34.2 Å². The number of benzene rings is 1. The molecule has 88 valence electrons. The summed E-state index contributed by atoms with van der Waals surface area (Å²) in [4.78, 5) is 11.0. The molecule has 1 heterocycles. The molecule has 0 aliphatic heterocycles. The number of nitrogens with zero attached hydrogens (tertiary/aromatic N) is 1. The monoisotopic (exact) mass is 248 g/mol. The molecular formula is C12H12N2O2S. The summed E-state index contributed by atoms with van der Waals surface area (Å²) in [6, 6.07) is 5.94. The first-order chi connectivity index (χ1) is 7.99. The van der Waals surface area contributed by atoms with E-state index in [1.54, 1.807) is 0 Å². The number of hydrogen-bond acceptors (Lipinski definition) is 4. The first kappa shape index (κ1) is 11.6. The molecule has 2 aromatic rings. The average molecular weight is 248 g/mol. The van der Waals surface area contributed by atoms with Crippen molar-refractivity contribution in [2.24, 2.45) is 0 Å². The zero-order valence-electron chi connectivity index (χ0n) is 9.52. The van der Waals surface area contributed by atoms with Crippen LogP contribution in [-0.4, -0.2) is 15.4 Å². The summed E-state index contributed by atoms with van der Waals surface area (Å²) in [6.45, 7) is 3.97. The third kappa shape index (κ3) is 2.14. The number of aromatic carboxylic acids is 1. The highest BCUT2D eigenvalue weighted by Gasteiger charge is 2.17. The maximum Gasteiger partial charge on any atom is 0.349 e. The molecule has 5 heteroatoms. The van der Waals surface area contributed by atoms with Crippen LogP contribution in [0.3, 0.4) is 0 Å². The SMILES string of the molecule is Cc1cc(C)cc(-c2nsc(C(=O)O)c2N)c1. The van der Waals surface area contributed by atoms with Gasteiger partial charge in [-0.1, -0.05) is 17.2 Å². The minimum Gasteiger partial charge on any atom is -0.477 e. The quantitative estimate of drug-likeness (QED) is 0.856. The third-order valence-electron chi connectivity index (χ3n) is 2.42. The Balaban J connectivity index is 2.57. The average Bonchev–Trinajstić information content (AvgIpc) is 2.58. The number of carboxylic acid groups (broad SMARTS) is 1. The van der Waals surface area contributed by atoms with E-state index in [-0.39, 0.29) is 10.6 Å². The number of aryl methyl sites for hydroxylation is 2. The van der Waals surface area contributed by atoms with Crippen LogP contribution in [0.4, 0.5) is 5.69 Å². The second-order valence-corrected chi connectivity index (χ2v) is 4.73. The maximum absolute atomic E-state index is 10.9. The van der Waals surface area contributed by atoms with E-state index in [1.165, 1.54) is 0 Å². The van der Waals surface area contributed by atoms with Crippen LogP contribution in [0.15, 0.2) is 18.2 Å². The fourth-order valence-corrected chi connectivity index (χ4v) is 2.43. The summed E-state index contributed by atoms with van der Waals surface area (Å²) < 4.78 is 4.13. The van der Waals surface area contributed by atoms with Crippen LogP contribution in [0.5, 0.6) is 0 Å². The predicted molar refractivity (Wildman–Crippen MR) is 68.4 cm³/mol. The molecular weight excluding hydrogens is 236 g/mol. The standard InChI is InChI=1S/C12H12N2O2S/c1-6-3-7(2)5-8(4-6)10-9(13)11(12(15)16)17-14-10/h3-5H,13H2,1-2H3,(H,15,16). The molecule has 0 saturated carbocycles. The van der Waals surface area contributed by atoms with Crippen molar-refractivity contribution in [2.45, 2.75) is 13.8 Å². The molecule has 0 bridgehead atoms. The van der Waals surface area contributed by atoms with Gasteiger partial charge in [0.2, 0.25) is 0 Å². The molecule has 0 aliphatic rings. The summed E-state index contributed by atoms with van der Waals surface area (Å²) in [7, 11) is 0. The molecule has 17 heavy (non-hydrogen) atoms. The number of rotatable bonds is 2. The van der Waals surface area contributed by atoms with Crippen molar-refractivity contribution in [3.63, 3.8) is 0 Å². The summed E-state index contributed by atoms with van der Waals surface area (Å²) >= 11 is 0.916. The fraction of sp³-hybridized carbons (Fsp3) is 0.167. The van der Waals surface area contributed by atoms with Gasteiger partial charge in [-0.05, 0) is 37.5 Å². The lowest BCUT2D eigenvalue weighted by Gasteiger charge is -2.03. The van der Waals surface area contributed by atoms with E-state index in [0.29, 0.717) is 5.69 Å². The molecule has 1 aromatic heterocycles. The molecule has 4 nitrogen and oxygen atoms in total. The Morgan fingerprint density at radius 3 is 2.35 bits per heavy atom. The fourth-order valence-electron chi connectivity index (χ4n) is 1.77. The third-order valence-corrected chi connectivity index (χ3v) is 3.27. The van der Waals surface area contributed by atoms with Crippen LogP contribution in [0, 0.1) is 13.8 Å². The van der Waals surface area contributed by atoms with Gasteiger partial charge in [0.1, 0.15) is 5.69 Å². The van der Waals surface area contributed by atoms with Crippen molar-refractivity contribution in [3.8, 4) is 11.3 Å². The second-order valence-electron chi connectivity index (χ2n) is 3.96. The molecule has 1 aromatic carbocycles. The van der Waals surface area contributed by atoms with Gasteiger partial charge in [0.15, 0.2) is 4.88 Å². The van der Waals surface area contributed by atoms with Gasteiger partial charge in [-0.15, -0.1) is 0 Å². The lowest BCUT2D eigenvalue weighted by molar-refractivity contribution is 0.0703. The largest absolute Gasteiger partial charge is 0.477 e. The van der Waals surface area contributed by atoms with E-state index in [9.17, 15) is 4.79 Å². The van der Waals surface area contributed by atoms with Gasteiger partial charge in [-0.3, -0.25) is 0 Å². The topological polar surface area (TPSA) is 76.2 Å². The van der Waals surface area contributed by atoms with E-state index in [4.69, 9.17) is 10.8 Å². The highest BCUT2D eigenvalue weighted by Crippen LogP contribution is 2.31. The van der Waals surface area contributed by atoms with Crippen LogP contribution < -0.4 is 5.73 Å². The lowest BCUT2D eigenvalue weighted by atomic mass is 10.0. The van der Waals surface area contributed by atoms with Gasteiger partial charge in [0.25, 0.3) is 0 Å². The van der Waals surface area contributed by atoms with Gasteiger partial charge >= 0.3 is 5.97 Å². The summed E-state index contributed by atoms with van der Waals surface area (Å²) in [6.07, 6.45) is 0. The van der Waals surface area contributed by atoms with E-state index in [2.05, 4.69) is 4.37 Å². The molecule has 3 N–H and O–H groups in total. The van der Waals surface area contributed by atoms with Gasteiger partial charge in [-0.25, -0.2) is 4.79 Å². The van der Waals surface area contributed by atoms with Gasteiger partial charge in [-0.2, -0.15) is 4.37 Å². The minimum absolute atomic E-state index is 0.0964. The van der Waals surface area contributed by atoms with E-state index in [1.807, 2.05) is 32.0 Å². The first-order valence-corrected chi connectivity index (χ1v) is 5.83. The molecule has 0 amide bonds. The number of carboxylic acids is 1. The molecule has 0 atom stereocenters. The Labute approximate surface area is 103 Å². The van der Waals surface area contributed by atoms with Gasteiger partial charge in [0, 0.05) is 5.56 Å². The van der Waals surface area contributed by atoms with Gasteiger partial charge < -0.3 is 10.8 Å². The summed E-state index contributed by atoms with van der Waals surface area (Å²) in [5.74, 6) is -1.03. The Hall–Kier alpha value is -1.88. The minimum atomic E-state index is -1.03. The van der Waals surface area contributed by atoms with Crippen molar-refractivity contribution in [2.75, 3.05) is 5.73 Å². The highest BCUT2D eigenvalue weighted by atomic mass is 32.1. The van der Waals surface area contributed by atoms with Crippen molar-refractivity contribution in [1.82, 2.24) is 4.37 Å². The smallest absolute Gasteiger partial charge is 0.349 e. The number of hydrogen-bond donors (Lipinski definition) is 2. The predicted octanol–water partition coefficient (Wildman–Crippen LogP) is 2.71. The van der Waals surface area contributed by atoms with Crippen LogP contribution in [0.25, 0.3) is 11.3 Å². The maximum atomic E-state index is 10.9. The lowest BCUT2D eigenvalue weighted by Crippen LogP contribution is -1.98. The highest BCUT2D eigenvalue weighted by molar-refractivity contribution is 7.09. The number of nitrogen functional groups attached to an aromatic ring is 1. The van der Waals surface area contributed by atoms with Crippen LogP contribution in [0.1, 0.15) is 20.8 Å². The summed E-state index contributed by atoms with van der Waals surface area (Å²) in [5.41, 5.74) is 9.67. The Bertz CT molecular complexity index is 570. The zero-order chi connectivity index (χ0) is 12.6. The summed E-state index contributed by atoms with van der Waals surface area (Å²) in [5, 5.41) is 8.93.